The number of rotatable bonds is 2. The van der Waals surface area contributed by atoms with Gasteiger partial charge in [0.1, 0.15) is 17.4 Å². The van der Waals surface area contributed by atoms with E-state index in [-0.39, 0.29) is 11.0 Å². The Labute approximate surface area is 135 Å². The van der Waals surface area contributed by atoms with Crippen molar-refractivity contribution in [1.82, 2.24) is 0 Å². The Hall–Kier alpha value is -2.92. The van der Waals surface area contributed by atoms with Crippen LogP contribution in [0.1, 0.15) is 10.4 Å². The molecule has 2 heterocycles. The van der Waals surface area contributed by atoms with E-state index in [9.17, 15) is 9.59 Å². The fraction of sp³-hybridized carbons (Fsp3) is 0. The van der Waals surface area contributed by atoms with Gasteiger partial charge >= 0.3 is 0 Å². The Morgan fingerprint density at radius 1 is 1.09 bits per heavy atom. The average Bonchev–Trinajstić information content (AvgIpc) is 3.03. The molecular formula is C18H11NO3S. The van der Waals surface area contributed by atoms with Gasteiger partial charge in [-0.15, -0.1) is 11.3 Å². The number of carbonyl (C=O) groups excluding carboxylic acids is 1. The van der Waals surface area contributed by atoms with Crippen molar-refractivity contribution in [2.75, 3.05) is 5.32 Å². The summed E-state index contributed by atoms with van der Waals surface area (Å²) >= 11 is 1.64. The molecule has 0 aliphatic rings. The van der Waals surface area contributed by atoms with Crippen LogP contribution in [0.5, 0.6) is 0 Å². The lowest BCUT2D eigenvalue weighted by molar-refractivity contribution is 0.102. The number of benzene rings is 2. The molecule has 4 rings (SSSR count). The minimum atomic E-state index is -0.473. The fourth-order valence-corrected chi connectivity index (χ4v) is 3.25. The van der Waals surface area contributed by atoms with E-state index < -0.39 is 5.91 Å². The smallest absolute Gasteiger partial charge is 0.262 e. The number of nitrogens with one attached hydrogen (secondary N) is 1. The van der Waals surface area contributed by atoms with Crippen LogP contribution in [-0.4, -0.2) is 5.91 Å². The summed E-state index contributed by atoms with van der Waals surface area (Å²) in [6, 6.07) is 14.5. The number of para-hydroxylation sites is 1. The molecule has 0 atom stereocenters. The van der Waals surface area contributed by atoms with Crippen LogP contribution in [0.15, 0.2) is 69.4 Å². The van der Waals surface area contributed by atoms with Crippen LogP contribution in [0.25, 0.3) is 21.1 Å². The Bertz CT molecular complexity index is 1090. The molecule has 1 amide bonds. The summed E-state index contributed by atoms with van der Waals surface area (Å²) < 4.78 is 6.53. The zero-order chi connectivity index (χ0) is 15.8. The van der Waals surface area contributed by atoms with E-state index in [1.165, 1.54) is 6.26 Å². The van der Waals surface area contributed by atoms with Gasteiger partial charge in [-0.1, -0.05) is 12.1 Å². The third-order valence-electron chi connectivity index (χ3n) is 3.63. The van der Waals surface area contributed by atoms with Crippen LogP contribution in [0, 0.1) is 0 Å². The summed E-state index contributed by atoms with van der Waals surface area (Å²) in [6.07, 6.45) is 1.21. The van der Waals surface area contributed by atoms with Crippen LogP contribution in [0.2, 0.25) is 0 Å². The van der Waals surface area contributed by atoms with Gasteiger partial charge in [-0.2, -0.15) is 0 Å². The van der Waals surface area contributed by atoms with Crippen molar-refractivity contribution in [1.29, 1.82) is 0 Å². The van der Waals surface area contributed by atoms with E-state index in [4.69, 9.17) is 4.42 Å². The van der Waals surface area contributed by atoms with Gasteiger partial charge in [0.25, 0.3) is 5.91 Å². The standard InChI is InChI=1S/C18H11NO3S/c20-17-13-3-1-2-4-15(13)22-10-14(17)18(21)19-12-5-6-16-11(9-12)7-8-23-16/h1-10H,(H,19,21). The van der Waals surface area contributed by atoms with Gasteiger partial charge in [-0.05, 0) is 47.2 Å². The van der Waals surface area contributed by atoms with Crippen molar-refractivity contribution in [3.05, 3.63) is 76.0 Å². The molecular weight excluding hydrogens is 310 g/mol. The molecule has 0 aliphatic heterocycles. The lowest BCUT2D eigenvalue weighted by Gasteiger charge is -2.05. The molecule has 0 unspecified atom stereocenters. The highest BCUT2D eigenvalue weighted by Gasteiger charge is 2.14. The number of amides is 1. The molecule has 2 aromatic heterocycles. The van der Waals surface area contributed by atoms with Gasteiger partial charge in [0.05, 0.1) is 5.39 Å². The first kappa shape index (κ1) is 13.7. The second-order valence-electron chi connectivity index (χ2n) is 5.10. The summed E-state index contributed by atoms with van der Waals surface area (Å²) in [5, 5.41) is 6.20. The maximum absolute atomic E-state index is 12.4. The van der Waals surface area contributed by atoms with Crippen molar-refractivity contribution in [3.8, 4) is 0 Å². The minimum absolute atomic E-state index is 0.00545. The Morgan fingerprint density at radius 2 is 1.96 bits per heavy atom. The monoisotopic (exact) mass is 321 g/mol. The average molecular weight is 321 g/mol. The minimum Gasteiger partial charge on any atom is -0.463 e. The molecule has 0 saturated carbocycles. The number of fused-ring (bicyclic) bond motifs is 2. The van der Waals surface area contributed by atoms with Crippen molar-refractivity contribution in [2.24, 2.45) is 0 Å². The highest BCUT2D eigenvalue weighted by atomic mass is 32.1. The first-order valence-corrected chi connectivity index (χ1v) is 7.89. The topological polar surface area (TPSA) is 59.3 Å². The molecule has 0 radical (unpaired) electrons. The van der Waals surface area contributed by atoms with E-state index in [2.05, 4.69) is 5.32 Å². The zero-order valence-electron chi connectivity index (χ0n) is 11.9. The molecule has 0 bridgehead atoms. The summed E-state index contributed by atoms with van der Waals surface area (Å²) in [5.74, 6) is -0.473. The number of anilines is 1. The second kappa shape index (κ2) is 5.37. The summed E-state index contributed by atoms with van der Waals surface area (Å²) in [7, 11) is 0. The van der Waals surface area contributed by atoms with Crippen molar-refractivity contribution >= 4 is 44.0 Å². The molecule has 4 aromatic rings. The van der Waals surface area contributed by atoms with E-state index in [1.54, 1.807) is 35.6 Å². The van der Waals surface area contributed by atoms with Gasteiger partial charge in [0.2, 0.25) is 5.43 Å². The molecule has 1 N–H and O–H groups in total. The predicted octanol–water partition coefficient (Wildman–Crippen LogP) is 4.26. The first-order valence-electron chi connectivity index (χ1n) is 7.01. The van der Waals surface area contributed by atoms with Crippen molar-refractivity contribution in [3.63, 3.8) is 0 Å². The third-order valence-corrected chi connectivity index (χ3v) is 4.53. The molecule has 4 nitrogen and oxygen atoms in total. The summed E-state index contributed by atoms with van der Waals surface area (Å²) in [4.78, 5) is 24.8. The second-order valence-corrected chi connectivity index (χ2v) is 6.05. The molecule has 0 fully saturated rings. The fourth-order valence-electron chi connectivity index (χ4n) is 2.48. The van der Waals surface area contributed by atoms with E-state index in [1.807, 2.05) is 29.6 Å². The van der Waals surface area contributed by atoms with Gasteiger partial charge in [0, 0.05) is 10.4 Å². The van der Waals surface area contributed by atoms with Gasteiger partial charge in [-0.25, -0.2) is 0 Å². The van der Waals surface area contributed by atoms with Crippen LogP contribution < -0.4 is 10.7 Å². The number of hydrogen-bond donors (Lipinski definition) is 1. The molecule has 0 saturated heterocycles. The van der Waals surface area contributed by atoms with Crippen LogP contribution >= 0.6 is 11.3 Å². The zero-order valence-corrected chi connectivity index (χ0v) is 12.7. The van der Waals surface area contributed by atoms with Crippen LogP contribution in [-0.2, 0) is 0 Å². The lowest BCUT2D eigenvalue weighted by Crippen LogP contribution is -2.21. The third kappa shape index (κ3) is 2.41. The number of thiophene rings is 1. The molecule has 0 aliphatic carbocycles. The number of carbonyl (C=O) groups is 1. The SMILES string of the molecule is O=C(Nc1ccc2sccc2c1)c1coc2ccccc2c1=O. The Balaban J connectivity index is 1.71. The number of hydrogen-bond acceptors (Lipinski definition) is 4. The molecule has 0 spiro atoms. The first-order chi connectivity index (χ1) is 11.2. The van der Waals surface area contributed by atoms with Crippen LogP contribution in [0.3, 0.4) is 0 Å². The maximum Gasteiger partial charge on any atom is 0.262 e. The van der Waals surface area contributed by atoms with Crippen LogP contribution in [0.4, 0.5) is 5.69 Å². The molecule has 23 heavy (non-hydrogen) atoms. The van der Waals surface area contributed by atoms with E-state index >= 15 is 0 Å². The molecule has 112 valence electrons. The Kier molecular flexibility index (Phi) is 3.20. The maximum atomic E-state index is 12.4. The quantitative estimate of drug-likeness (QED) is 0.600. The highest BCUT2D eigenvalue weighted by Crippen LogP contribution is 2.24. The van der Waals surface area contributed by atoms with Gasteiger partial charge in [-0.3, -0.25) is 9.59 Å². The van der Waals surface area contributed by atoms with Gasteiger partial charge < -0.3 is 9.73 Å². The highest BCUT2D eigenvalue weighted by molar-refractivity contribution is 7.17. The molecule has 5 heteroatoms. The van der Waals surface area contributed by atoms with Gasteiger partial charge in [0.15, 0.2) is 0 Å². The van der Waals surface area contributed by atoms with Crippen molar-refractivity contribution < 1.29 is 9.21 Å². The summed E-state index contributed by atoms with van der Waals surface area (Å²) in [5.41, 5.74) is 0.775. The van der Waals surface area contributed by atoms with Crippen molar-refractivity contribution in [2.45, 2.75) is 0 Å². The normalized spacial score (nSPS) is 11.0. The Morgan fingerprint density at radius 3 is 2.87 bits per heavy atom. The molecule has 2 aromatic carbocycles. The lowest BCUT2D eigenvalue weighted by atomic mass is 10.1. The van der Waals surface area contributed by atoms with E-state index in [0.29, 0.717) is 16.7 Å². The predicted molar refractivity (Wildman–Crippen MR) is 92.3 cm³/mol. The van der Waals surface area contributed by atoms with E-state index in [0.717, 1.165) is 10.1 Å². The summed E-state index contributed by atoms with van der Waals surface area (Å²) in [6.45, 7) is 0. The largest absolute Gasteiger partial charge is 0.463 e.